The van der Waals surface area contributed by atoms with Gasteiger partial charge >= 0.3 is 0 Å². The lowest BCUT2D eigenvalue weighted by Crippen LogP contribution is -2.48. The Morgan fingerprint density at radius 3 is 2.45 bits per heavy atom. The summed E-state index contributed by atoms with van der Waals surface area (Å²) in [6.07, 6.45) is 1.65. The number of carbonyl (C=O) groups is 2. The van der Waals surface area contributed by atoms with Crippen LogP contribution in [0.25, 0.3) is 0 Å². The van der Waals surface area contributed by atoms with Crippen molar-refractivity contribution in [2.45, 2.75) is 39.2 Å². The van der Waals surface area contributed by atoms with Crippen molar-refractivity contribution in [3.63, 3.8) is 0 Å². The van der Waals surface area contributed by atoms with Crippen LogP contribution in [0.15, 0.2) is 42.5 Å². The molecule has 0 aromatic heterocycles. The van der Waals surface area contributed by atoms with Gasteiger partial charge < -0.3 is 15.0 Å². The van der Waals surface area contributed by atoms with Crippen molar-refractivity contribution >= 4 is 11.8 Å². The maximum absolute atomic E-state index is 12.9. The monoisotopic (exact) mass is 398 g/mol. The fraction of sp³-hybridized carbons (Fsp3) is 0.391. The second kappa shape index (κ2) is 9.54. The Labute approximate surface area is 170 Å². The van der Waals surface area contributed by atoms with E-state index in [4.69, 9.17) is 4.74 Å². The molecule has 2 aromatic carbocycles. The maximum atomic E-state index is 12.9. The lowest BCUT2D eigenvalue weighted by Gasteiger charge is -2.32. The van der Waals surface area contributed by atoms with Crippen LogP contribution in [0.2, 0.25) is 0 Å². The fourth-order valence-electron chi connectivity index (χ4n) is 3.53. The van der Waals surface area contributed by atoms with Crippen LogP contribution in [-0.4, -0.2) is 42.5 Å². The van der Waals surface area contributed by atoms with E-state index in [1.807, 2.05) is 32.0 Å². The first-order valence-corrected chi connectivity index (χ1v) is 9.92. The molecule has 5 nitrogen and oxygen atoms in total. The molecular weight excluding hydrogens is 371 g/mol. The normalized spacial score (nSPS) is 14.5. The smallest absolute Gasteiger partial charge is 0.260 e. The van der Waals surface area contributed by atoms with Crippen LogP contribution in [0.3, 0.4) is 0 Å². The zero-order valence-corrected chi connectivity index (χ0v) is 16.9. The molecule has 1 N–H and O–H groups in total. The summed E-state index contributed by atoms with van der Waals surface area (Å²) >= 11 is 0. The van der Waals surface area contributed by atoms with Gasteiger partial charge in [0.25, 0.3) is 5.91 Å². The highest BCUT2D eigenvalue weighted by atomic mass is 19.1. The number of aryl methyl sites for hydroxylation is 2. The van der Waals surface area contributed by atoms with Crippen LogP contribution < -0.4 is 10.1 Å². The molecule has 1 fully saturated rings. The number of likely N-dealkylation sites (tertiary alicyclic amines) is 1. The Kier molecular flexibility index (Phi) is 6.86. The van der Waals surface area contributed by atoms with Crippen molar-refractivity contribution in [2.75, 3.05) is 19.7 Å². The predicted octanol–water partition coefficient (Wildman–Crippen LogP) is 3.17. The SMILES string of the molecule is Cc1ccc(OCC(=O)N2CCC(NC(=O)Cc3ccc(F)cc3)CC2)c(C)c1. The molecule has 0 spiro atoms. The molecule has 2 aromatic rings. The van der Waals surface area contributed by atoms with Crippen molar-refractivity contribution in [1.82, 2.24) is 10.2 Å². The van der Waals surface area contributed by atoms with Gasteiger partial charge in [-0.05, 0) is 56.0 Å². The van der Waals surface area contributed by atoms with Crippen LogP contribution in [0, 0.1) is 19.7 Å². The van der Waals surface area contributed by atoms with Gasteiger partial charge in [0.15, 0.2) is 6.61 Å². The standard InChI is InChI=1S/C23H27FN2O3/c1-16-3-8-21(17(2)13-16)29-15-23(28)26-11-9-20(10-12-26)25-22(27)14-18-4-6-19(24)7-5-18/h3-8,13,20H,9-12,14-15H2,1-2H3,(H,25,27). The first kappa shape index (κ1) is 20.8. The Morgan fingerprint density at radius 2 is 1.79 bits per heavy atom. The Hall–Kier alpha value is -2.89. The molecule has 0 saturated carbocycles. The Bertz CT molecular complexity index is 859. The summed E-state index contributed by atoms with van der Waals surface area (Å²) in [5.74, 6) is 0.292. The van der Waals surface area contributed by atoms with E-state index in [0.717, 1.165) is 22.4 Å². The molecule has 2 amide bonds. The summed E-state index contributed by atoms with van der Waals surface area (Å²) in [6, 6.07) is 11.9. The third kappa shape index (κ3) is 6.04. The van der Waals surface area contributed by atoms with Crippen molar-refractivity contribution in [3.8, 4) is 5.75 Å². The number of rotatable bonds is 6. The number of nitrogens with zero attached hydrogens (tertiary/aromatic N) is 1. The topological polar surface area (TPSA) is 58.6 Å². The van der Waals surface area contributed by atoms with Crippen molar-refractivity contribution in [1.29, 1.82) is 0 Å². The van der Waals surface area contributed by atoms with Crippen LogP contribution in [0.1, 0.15) is 29.5 Å². The molecule has 6 heteroatoms. The molecule has 0 radical (unpaired) electrons. The molecule has 29 heavy (non-hydrogen) atoms. The van der Waals surface area contributed by atoms with Crippen molar-refractivity contribution in [2.24, 2.45) is 0 Å². The van der Waals surface area contributed by atoms with E-state index in [1.54, 1.807) is 17.0 Å². The minimum atomic E-state index is -0.312. The van der Waals surface area contributed by atoms with Crippen LogP contribution in [-0.2, 0) is 16.0 Å². The molecule has 1 aliphatic heterocycles. The molecule has 3 rings (SSSR count). The number of ether oxygens (including phenoxy) is 1. The van der Waals surface area contributed by atoms with Gasteiger partial charge in [-0.2, -0.15) is 0 Å². The van der Waals surface area contributed by atoms with Gasteiger partial charge in [0.2, 0.25) is 5.91 Å². The van der Waals surface area contributed by atoms with E-state index < -0.39 is 0 Å². The van der Waals surface area contributed by atoms with Gasteiger partial charge in [-0.25, -0.2) is 4.39 Å². The Morgan fingerprint density at radius 1 is 1.10 bits per heavy atom. The first-order valence-electron chi connectivity index (χ1n) is 9.92. The second-order valence-electron chi connectivity index (χ2n) is 7.58. The van der Waals surface area contributed by atoms with E-state index in [9.17, 15) is 14.0 Å². The molecule has 0 aliphatic carbocycles. The van der Waals surface area contributed by atoms with Gasteiger partial charge in [-0.15, -0.1) is 0 Å². The third-order valence-electron chi connectivity index (χ3n) is 5.17. The highest BCUT2D eigenvalue weighted by Crippen LogP contribution is 2.19. The summed E-state index contributed by atoms with van der Waals surface area (Å²) in [4.78, 5) is 26.4. The maximum Gasteiger partial charge on any atom is 0.260 e. The zero-order valence-electron chi connectivity index (χ0n) is 16.9. The number of amides is 2. The molecule has 0 bridgehead atoms. The number of benzene rings is 2. The molecular formula is C23H27FN2O3. The van der Waals surface area contributed by atoms with Gasteiger partial charge in [0, 0.05) is 19.1 Å². The van der Waals surface area contributed by atoms with Crippen molar-refractivity contribution in [3.05, 3.63) is 65.0 Å². The van der Waals surface area contributed by atoms with Gasteiger partial charge in [-0.3, -0.25) is 9.59 Å². The van der Waals surface area contributed by atoms with E-state index in [1.165, 1.54) is 12.1 Å². The van der Waals surface area contributed by atoms with Crippen LogP contribution in [0.4, 0.5) is 4.39 Å². The highest BCUT2D eigenvalue weighted by Gasteiger charge is 2.24. The summed E-state index contributed by atoms with van der Waals surface area (Å²) in [5, 5.41) is 3.01. The van der Waals surface area contributed by atoms with Crippen LogP contribution in [0.5, 0.6) is 5.75 Å². The van der Waals surface area contributed by atoms with Crippen molar-refractivity contribution < 1.29 is 18.7 Å². The highest BCUT2D eigenvalue weighted by molar-refractivity contribution is 5.79. The van der Waals surface area contributed by atoms with Gasteiger partial charge in [0.1, 0.15) is 11.6 Å². The average molecular weight is 398 g/mol. The van der Waals surface area contributed by atoms with E-state index in [0.29, 0.717) is 25.9 Å². The summed E-state index contributed by atoms with van der Waals surface area (Å²) < 4.78 is 18.6. The Balaban J connectivity index is 1.40. The molecule has 0 atom stereocenters. The molecule has 1 heterocycles. The molecule has 0 unspecified atom stereocenters. The van der Waals surface area contributed by atoms with E-state index >= 15 is 0 Å². The first-order chi connectivity index (χ1) is 13.9. The minimum absolute atomic E-state index is 0.0193. The molecule has 1 saturated heterocycles. The number of halogens is 1. The number of piperidine rings is 1. The van der Waals surface area contributed by atoms with Gasteiger partial charge in [0.05, 0.1) is 6.42 Å². The number of hydrogen-bond acceptors (Lipinski definition) is 3. The van der Waals surface area contributed by atoms with Crippen LogP contribution >= 0.6 is 0 Å². The fourth-order valence-corrected chi connectivity index (χ4v) is 3.53. The molecule has 154 valence electrons. The summed E-state index contributed by atoms with van der Waals surface area (Å²) in [5.41, 5.74) is 2.95. The largest absolute Gasteiger partial charge is 0.484 e. The number of nitrogens with one attached hydrogen (secondary N) is 1. The second-order valence-corrected chi connectivity index (χ2v) is 7.58. The quantitative estimate of drug-likeness (QED) is 0.813. The molecule has 1 aliphatic rings. The lowest BCUT2D eigenvalue weighted by atomic mass is 10.0. The minimum Gasteiger partial charge on any atom is -0.484 e. The third-order valence-corrected chi connectivity index (χ3v) is 5.17. The average Bonchev–Trinajstić information content (AvgIpc) is 2.69. The lowest BCUT2D eigenvalue weighted by molar-refractivity contribution is -0.134. The predicted molar refractivity (Wildman–Crippen MR) is 109 cm³/mol. The summed E-state index contributed by atoms with van der Waals surface area (Å²) in [6.45, 7) is 5.19. The number of hydrogen-bond donors (Lipinski definition) is 1. The van der Waals surface area contributed by atoms with E-state index in [-0.39, 0.29) is 36.7 Å². The van der Waals surface area contributed by atoms with Gasteiger partial charge in [-0.1, -0.05) is 29.8 Å². The summed E-state index contributed by atoms with van der Waals surface area (Å²) in [7, 11) is 0. The zero-order chi connectivity index (χ0) is 20.8. The number of carbonyl (C=O) groups excluding carboxylic acids is 2. The van der Waals surface area contributed by atoms with E-state index in [2.05, 4.69) is 5.32 Å².